The van der Waals surface area contributed by atoms with Crippen molar-refractivity contribution >= 4 is 15.9 Å². The quantitative estimate of drug-likeness (QED) is 0.567. The molecule has 0 N–H and O–H groups in total. The summed E-state index contributed by atoms with van der Waals surface area (Å²) < 4.78 is 24.2. The summed E-state index contributed by atoms with van der Waals surface area (Å²) in [6, 6.07) is 12.1. The molecule has 0 heterocycles. The van der Waals surface area contributed by atoms with Gasteiger partial charge in [0.2, 0.25) is 0 Å². The van der Waals surface area contributed by atoms with E-state index in [1.54, 1.807) is 28.3 Å². The van der Waals surface area contributed by atoms with Crippen LogP contribution >= 0.6 is 15.9 Å². The van der Waals surface area contributed by atoms with Gasteiger partial charge in [-0.05, 0) is 46.1 Å². The molecule has 0 aromatic heterocycles. The van der Waals surface area contributed by atoms with E-state index in [1.807, 2.05) is 42.5 Å². The molecule has 146 valence electrons. The van der Waals surface area contributed by atoms with E-state index in [4.69, 9.17) is 18.9 Å². The summed E-state index contributed by atoms with van der Waals surface area (Å²) in [5, 5.41) is 0. The van der Waals surface area contributed by atoms with Crippen molar-refractivity contribution in [3.8, 4) is 17.6 Å². The van der Waals surface area contributed by atoms with Gasteiger partial charge in [-0.3, -0.25) is 0 Å². The Morgan fingerprint density at radius 1 is 1.07 bits per heavy atom. The van der Waals surface area contributed by atoms with E-state index in [9.17, 15) is 0 Å². The highest BCUT2D eigenvalue weighted by Crippen LogP contribution is 2.48. The third kappa shape index (κ3) is 3.95. The van der Waals surface area contributed by atoms with Gasteiger partial charge in [0.1, 0.15) is 23.7 Å². The van der Waals surface area contributed by atoms with Gasteiger partial charge < -0.3 is 18.9 Å². The van der Waals surface area contributed by atoms with Crippen molar-refractivity contribution in [2.45, 2.75) is 25.7 Å². The Kier molecular flexibility index (Phi) is 6.79. The zero-order valence-corrected chi connectivity index (χ0v) is 18.0. The van der Waals surface area contributed by atoms with Crippen LogP contribution in [0.5, 0.6) is 5.75 Å². The number of fused-ring (bicyclic) bond motifs is 1. The summed E-state index contributed by atoms with van der Waals surface area (Å²) in [6.45, 7) is 2.27. The van der Waals surface area contributed by atoms with Crippen molar-refractivity contribution in [2.24, 2.45) is 0 Å². The van der Waals surface area contributed by atoms with Crippen LogP contribution in [-0.4, -0.2) is 21.3 Å². The van der Waals surface area contributed by atoms with Crippen LogP contribution in [0.1, 0.15) is 41.4 Å². The van der Waals surface area contributed by atoms with E-state index in [0.717, 1.165) is 26.7 Å². The topological polar surface area (TPSA) is 36.9 Å². The summed E-state index contributed by atoms with van der Waals surface area (Å²) in [4.78, 5) is 0. The number of halogens is 1. The normalized spacial score (nSPS) is 17.8. The number of hydrogen-bond acceptors (Lipinski definition) is 4. The highest BCUT2D eigenvalue weighted by atomic mass is 79.9. The molecule has 1 aliphatic carbocycles. The molecule has 2 unspecified atom stereocenters. The number of methoxy groups -OCH3 is 3. The predicted octanol–water partition coefficient (Wildman–Crippen LogP) is 5.32. The van der Waals surface area contributed by atoms with Gasteiger partial charge in [0.15, 0.2) is 0 Å². The van der Waals surface area contributed by atoms with E-state index >= 15 is 0 Å². The second kappa shape index (κ2) is 9.29. The highest BCUT2D eigenvalue weighted by Gasteiger charge is 2.34. The third-order valence-electron chi connectivity index (χ3n) is 4.64. The molecule has 4 nitrogen and oxygen atoms in total. The number of rotatable bonds is 6. The lowest BCUT2D eigenvalue weighted by Gasteiger charge is -2.32. The monoisotopic (exact) mass is 442 g/mol. The van der Waals surface area contributed by atoms with Crippen molar-refractivity contribution in [3.63, 3.8) is 0 Å². The second-order valence-electron chi connectivity index (χ2n) is 6.26. The van der Waals surface area contributed by atoms with Crippen LogP contribution < -0.4 is 4.74 Å². The molecule has 1 aliphatic rings. The average Bonchev–Trinajstić information content (AvgIpc) is 2.73. The Bertz CT molecular complexity index is 925. The third-order valence-corrected chi connectivity index (χ3v) is 5.43. The smallest absolute Gasteiger partial charge is 0.140 e. The minimum Gasteiger partial charge on any atom is -0.498 e. The Labute approximate surface area is 174 Å². The van der Waals surface area contributed by atoms with Gasteiger partial charge in [-0.25, -0.2) is 0 Å². The molecule has 28 heavy (non-hydrogen) atoms. The fraction of sp³-hybridized carbons (Fsp3) is 0.304. The SMILES string of the molecule is CC#Cc1cc2c(c(OC)c1Br)C(OCc1ccccc1)C=C(OC)C2OC. The molecular weight excluding hydrogens is 420 g/mol. The van der Waals surface area contributed by atoms with Crippen molar-refractivity contribution in [1.82, 2.24) is 0 Å². The molecular formula is C23H23BrO4. The largest absolute Gasteiger partial charge is 0.498 e. The lowest BCUT2D eigenvalue weighted by molar-refractivity contribution is 0.0361. The molecule has 5 heteroatoms. The first-order chi connectivity index (χ1) is 13.6. The zero-order chi connectivity index (χ0) is 20.1. The lowest BCUT2D eigenvalue weighted by Crippen LogP contribution is -2.20. The van der Waals surface area contributed by atoms with Gasteiger partial charge in [0.25, 0.3) is 0 Å². The van der Waals surface area contributed by atoms with Gasteiger partial charge in [0.05, 0.1) is 25.3 Å². The van der Waals surface area contributed by atoms with Crippen LogP contribution in [0.25, 0.3) is 0 Å². The fourth-order valence-electron chi connectivity index (χ4n) is 3.39. The van der Waals surface area contributed by atoms with Gasteiger partial charge in [-0.2, -0.15) is 0 Å². The van der Waals surface area contributed by atoms with Crippen LogP contribution in [-0.2, 0) is 20.8 Å². The first-order valence-corrected chi connectivity index (χ1v) is 9.70. The Hall–Kier alpha value is -2.26. The van der Waals surface area contributed by atoms with Crippen molar-refractivity contribution in [2.75, 3.05) is 21.3 Å². The van der Waals surface area contributed by atoms with E-state index in [-0.39, 0.29) is 12.2 Å². The maximum atomic E-state index is 6.27. The summed E-state index contributed by atoms with van der Waals surface area (Å²) >= 11 is 3.64. The van der Waals surface area contributed by atoms with Crippen LogP contribution in [0.3, 0.4) is 0 Å². The molecule has 0 aliphatic heterocycles. The highest BCUT2D eigenvalue weighted by molar-refractivity contribution is 9.10. The second-order valence-corrected chi connectivity index (χ2v) is 7.05. The zero-order valence-electron chi connectivity index (χ0n) is 16.4. The molecule has 2 aromatic carbocycles. The molecule has 0 saturated carbocycles. The molecule has 3 rings (SSSR count). The van der Waals surface area contributed by atoms with E-state index in [0.29, 0.717) is 18.1 Å². The van der Waals surface area contributed by atoms with E-state index in [1.165, 1.54) is 0 Å². The summed E-state index contributed by atoms with van der Waals surface area (Å²) in [5.74, 6) is 7.46. The van der Waals surface area contributed by atoms with Gasteiger partial charge in [-0.1, -0.05) is 36.3 Å². The fourth-order valence-corrected chi connectivity index (χ4v) is 3.98. The van der Waals surface area contributed by atoms with Crippen LogP contribution in [0.15, 0.2) is 52.7 Å². The molecule has 0 bridgehead atoms. The summed E-state index contributed by atoms with van der Waals surface area (Å²) in [6.07, 6.45) is 1.25. The van der Waals surface area contributed by atoms with E-state index in [2.05, 4.69) is 27.8 Å². The Morgan fingerprint density at radius 2 is 1.82 bits per heavy atom. The maximum absolute atomic E-state index is 6.27. The first kappa shape index (κ1) is 20.5. The molecule has 2 aromatic rings. The predicted molar refractivity (Wildman–Crippen MR) is 112 cm³/mol. The minimum atomic E-state index is -0.351. The molecule has 0 fully saturated rings. The number of ether oxygens (including phenoxy) is 4. The van der Waals surface area contributed by atoms with Gasteiger partial charge in [-0.15, -0.1) is 5.92 Å². The standard InChI is InChI=1S/C23H23BrO4/c1-5-9-16-12-17-20(23(27-4)21(16)24)18(13-19(25-2)22(17)26-3)28-14-15-10-7-6-8-11-15/h6-8,10-13,18,22H,14H2,1-4H3. The lowest BCUT2D eigenvalue weighted by atomic mass is 9.88. The maximum Gasteiger partial charge on any atom is 0.140 e. The number of benzene rings is 2. The van der Waals surface area contributed by atoms with Gasteiger partial charge >= 0.3 is 0 Å². The average molecular weight is 443 g/mol. The van der Waals surface area contributed by atoms with Crippen molar-refractivity contribution in [3.05, 3.63) is 75.0 Å². The van der Waals surface area contributed by atoms with Crippen LogP contribution in [0, 0.1) is 11.8 Å². The summed E-state index contributed by atoms with van der Waals surface area (Å²) in [5.41, 5.74) is 3.77. The Balaban J connectivity index is 2.11. The molecule has 0 radical (unpaired) electrons. The van der Waals surface area contributed by atoms with Crippen molar-refractivity contribution < 1.29 is 18.9 Å². The first-order valence-electron chi connectivity index (χ1n) is 8.91. The molecule has 0 amide bonds. The molecule has 0 spiro atoms. The minimum absolute atomic E-state index is 0.341. The van der Waals surface area contributed by atoms with Crippen LogP contribution in [0.4, 0.5) is 0 Å². The Morgan fingerprint density at radius 3 is 2.43 bits per heavy atom. The van der Waals surface area contributed by atoms with Crippen LogP contribution in [0.2, 0.25) is 0 Å². The number of hydrogen-bond donors (Lipinski definition) is 0. The van der Waals surface area contributed by atoms with Crippen molar-refractivity contribution in [1.29, 1.82) is 0 Å². The molecule has 2 atom stereocenters. The molecule has 0 saturated heterocycles. The van der Waals surface area contributed by atoms with Gasteiger partial charge in [0, 0.05) is 18.2 Å². The summed E-state index contributed by atoms with van der Waals surface area (Å²) in [7, 11) is 4.95. The van der Waals surface area contributed by atoms with E-state index < -0.39 is 0 Å².